The predicted octanol–water partition coefficient (Wildman–Crippen LogP) is -3.13. The largest absolute Gasteiger partial charge is 0.479 e. The maximum absolute atomic E-state index is 16.6. The Bertz CT molecular complexity index is 3920. The average Bonchev–Trinajstić information content (AvgIpc) is 0.668. The van der Waals surface area contributed by atoms with E-state index >= 15 is 9.59 Å². The lowest BCUT2D eigenvalue weighted by Gasteiger charge is -2.71. The second kappa shape index (κ2) is 44.1. The molecule has 22 N–H and O–H groups in total. The average molecular weight is 1940 g/mol. The number of ketones is 1. The van der Waals surface area contributed by atoms with E-state index < -0.39 is 334 Å². The molecule has 15 unspecified atom stereocenters. The minimum Gasteiger partial charge on any atom is -0.479 e. The molecule has 8 saturated heterocycles. The highest BCUT2D eigenvalue weighted by Gasteiger charge is 2.73. The van der Waals surface area contributed by atoms with E-state index in [1.54, 1.807) is 6.92 Å². The minimum atomic E-state index is -2.24. The Morgan fingerprint density at radius 2 is 0.956 bits per heavy atom. The molecule has 13 aliphatic rings. The first-order chi connectivity index (χ1) is 63.5. The van der Waals surface area contributed by atoms with Crippen LogP contribution >= 0.6 is 0 Å². The fraction of sp³-hybridized carbons (Fsp3) is 0.935. The van der Waals surface area contributed by atoms with Gasteiger partial charge < -0.3 is 193 Å². The third-order valence-corrected chi connectivity index (χ3v) is 32.7. The van der Waals surface area contributed by atoms with Crippen LogP contribution < -0.4 is 0 Å². The molecule has 0 bridgehead atoms. The zero-order chi connectivity index (χ0) is 98.7. The molecule has 8 heterocycles. The van der Waals surface area contributed by atoms with Gasteiger partial charge in [0.1, 0.15) is 152 Å². The summed E-state index contributed by atoms with van der Waals surface area (Å²) in [6, 6.07) is 0. The number of fused-ring (bicyclic) bond motifs is 7. The van der Waals surface area contributed by atoms with E-state index in [-0.39, 0.29) is 49.9 Å². The number of aliphatic hydroxyl groups is 21. The van der Waals surface area contributed by atoms with Gasteiger partial charge in [-0.1, -0.05) is 92.2 Å². The SMILES string of the molecule is C[C@@H]1O[C@@H](OCCCCCCC(=O)CCCCCCC(CC(=O)O[C@@H]2[C@H](O)[C@@H](O[C@@H]3O[C@@H](C)[C@H](O[C@@H]4OC[C@@H](O)[C@H](O)C4O)[C@@H](O)C3O[C@@H]3O[C@H](CO)[C@@H](O)[C@H](O)C3O[C@@H]3OC[C@H](O)[C@H](O)C3O)[C@H](OC(=O)C34CCC(C)(C)CC3C3=CCC5C6(C)CCC(O[C@@H]7O[C@H](C(=O)O)[C@@H](O)[C@H](O)C7O)C(C)(C)C6CCC5(C)C3(C)CC4O)O[C@@H]2C)O[C@@H]2O[C@@H](C)[C@H](O)[C@@H](O)[C@H]2O)[C@H](O)[C@H](O)[C@H]1O. The van der Waals surface area contributed by atoms with E-state index in [0.717, 1.165) is 5.57 Å². The van der Waals surface area contributed by atoms with Crippen molar-refractivity contribution < 1.29 is 212 Å². The summed E-state index contributed by atoms with van der Waals surface area (Å²) in [5.41, 5.74) is -3.84. The van der Waals surface area contributed by atoms with Crippen LogP contribution in [0.2, 0.25) is 0 Å². The van der Waals surface area contributed by atoms with Crippen LogP contribution in [0, 0.1) is 50.2 Å². The smallest absolute Gasteiger partial charge is 0.335 e. The number of allylic oxidation sites excluding steroid dienone is 2. The highest BCUT2D eigenvalue weighted by Crippen LogP contribution is 2.76. The molecule has 13 rings (SSSR count). The standard InChI is InChI=1S/C92H150O43/c1-38-54(99)59(104)66(111)78(122-38)119-31-19-15-14-17-21-42(94)20-16-12-13-18-22-43(126-81-67(112)60(105)55(100)39(2)123-81)32-53(98)129-71-40(3)125-84(76(69(71)114)133-83-75(70(115)72(41(4)124-83)130-79-64(109)56(101)46(95)36-120-79)134-85-74(62(107)58(103)48(35-93)127-85)132-80-65(110)57(102)47(96)37-121-80)135-86(118)92-30-29-87(5,6)33-45(92)44-23-24-50-89(9)27-26-52(128-82-68(113)61(106)63(108)73(131-82)77(116)117)88(7,8)49(89)25-28-90(50,10)91(44,11)34-51(92)97/h23,38-41,43,45-52,54-76,78-85,93,95-97,99-115H,12-22,24-37H2,1-11H3,(H,116,117)/t38-,39-,40+,41-,43?,45?,46+,47-,48+,49?,50?,51?,52?,54-,55-,56-,57-,58+,59+,60+,61-,62-,63-,64?,65?,66+,67+,68?,69-,70+,71-,72-,73-,74?,75?,76+,78+,79-,80-,81-,82+,83-,84-,85-,89?,90?,91?,92?/m0/s1. The summed E-state index contributed by atoms with van der Waals surface area (Å²) in [6.45, 7) is 18.5. The van der Waals surface area contributed by atoms with Gasteiger partial charge in [0.25, 0.3) is 0 Å². The Hall–Kier alpha value is -3.62. The van der Waals surface area contributed by atoms with E-state index in [9.17, 15) is 122 Å². The topological polar surface area (TPSA) is 670 Å². The first-order valence-corrected chi connectivity index (χ1v) is 48.2. The van der Waals surface area contributed by atoms with Crippen LogP contribution in [0.25, 0.3) is 0 Å². The molecule has 5 aliphatic carbocycles. The molecule has 0 aromatic rings. The molecule has 12 fully saturated rings. The molecule has 8 aliphatic heterocycles. The van der Waals surface area contributed by atoms with Gasteiger partial charge in [0, 0.05) is 19.4 Å². The van der Waals surface area contributed by atoms with Gasteiger partial charge >= 0.3 is 17.9 Å². The summed E-state index contributed by atoms with van der Waals surface area (Å²) in [4.78, 5) is 57.0. The van der Waals surface area contributed by atoms with Gasteiger partial charge in [-0.25, -0.2) is 4.79 Å². The second-order valence-corrected chi connectivity index (χ2v) is 42.4. The number of ether oxygens (including phenoxy) is 17. The number of hydrogen-bond donors (Lipinski definition) is 22. The minimum absolute atomic E-state index is 0.0296. The van der Waals surface area contributed by atoms with Crippen LogP contribution in [-0.4, -0.2) is 414 Å². The van der Waals surface area contributed by atoms with E-state index in [2.05, 4.69) is 54.5 Å². The van der Waals surface area contributed by atoms with Crippen molar-refractivity contribution in [3.63, 3.8) is 0 Å². The monoisotopic (exact) mass is 1940 g/mol. The first-order valence-electron chi connectivity index (χ1n) is 48.2. The lowest BCUT2D eigenvalue weighted by molar-refractivity contribution is -0.408. The van der Waals surface area contributed by atoms with Gasteiger partial charge in [-0.3, -0.25) is 14.4 Å². The Balaban J connectivity index is 0.780. The molecule has 48 atom stereocenters. The molecule has 0 aromatic carbocycles. The van der Waals surface area contributed by atoms with Crippen molar-refractivity contribution in [3.8, 4) is 0 Å². The third kappa shape index (κ3) is 22.0. The fourth-order valence-electron chi connectivity index (χ4n) is 24.3. The maximum atomic E-state index is 16.6. The summed E-state index contributed by atoms with van der Waals surface area (Å²) < 4.78 is 104. The molecule has 43 heteroatoms. The normalized spacial score (nSPS) is 49.0. The zero-order valence-electron chi connectivity index (χ0n) is 78.6. The lowest BCUT2D eigenvalue weighted by atomic mass is 9.33. The molecule has 0 aromatic heterocycles. The molecule has 43 nitrogen and oxygen atoms in total. The number of rotatable bonds is 34. The highest BCUT2D eigenvalue weighted by molar-refractivity contribution is 5.80. The molecule has 135 heavy (non-hydrogen) atoms. The quantitative estimate of drug-likeness (QED) is 0.0131. The van der Waals surface area contributed by atoms with Crippen molar-refractivity contribution >= 4 is 23.7 Å². The van der Waals surface area contributed by atoms with E-state index in [1.807, 2.05) is 0 Å². The number of aliphatic carboxylic acids is 1. The van der Waals surface area contributed by atoms with Gasteiger partial charge in [-0.2, -0.15) is 0 Å². The van der Waals surface area contributed by atoms with Gasteiger partial charge in [0.05, 0.1) is 69.0 Å². The van der Waals surface area contributed by atoms with Crippen LogP contribution in [0.15, 0.2) is 11.6 Å². The number of carboxylic acids is 1. The van der Waals surface area contributed by atoms with E-state index in [1.165, 1.54) is 20.8 Å². The second-order valence-electron chi connectivity index (χ2n) is 42.4. The van der Waals surface area contributed by atoms with E-state index in [4.69, 9.17) is 80.5 Å². The number of carbonyl (C=O) groups is 4. The van der Waals surface area contributed by atoms with Gasteiger partial charge in [0.15, 0.2) is 62.3 Å². The fourth-order valence-corrected chi connectivity index (χ4v) is 24.3. The van der Waals surface area contributed by atoms with Crippen molar-refractivity contribution in [2.45, 2.75) is 463 Å². The molecule has 0 amide bonds. The zero-order valence-corrected chi connectivity index (χ0v) is 78.6. The summed E-state index contributed by atoms with van der Waals surface area (Å²) in [5, 5.41) is 245. The predicted molar refractivity (Wildman–Crippen MR) is 455 cm³/mol. The molecule has 4 saturated carbocycles. The Labute approximate surface area is 783 Å². The molecule has 776 valence electrons. The van der Waals surface area contributed by atoms with Gasteiger partial charge in [-0.15, -0.1) is 0 Å². The molecule has 0 spiro atoms. The van der Waals surface area contributed by atoms with Crippen LogP contribution in [-0.2, 0) is 99.7 Å². The van der Waals surface area contributed by atoms with Crippen molar-refractivity contribution in [1.82, 2.24) is 0 Å². The van der Waals surface area contributed by atoms with Gasteiger partial charge in [-0.05, 0) is 156 Å². The number of Topliss-reactive ketones (excluding diaryl/α,β-unsaturated/α-hetero) is 1. The number of carboxylic acid groups (broad SMARTS) is 1. The summed E-state index contributed by atoms with van der Waals surface area (Å²) in [5.74, 6) is -4.48. The molecule has 0 radical (unpaired) electrons. The van der Waals surface area contributed by atoms with Crippen molar-refractivity contribution in [3.05, 3.63) is 11.6 Å². The molecular formula is C92H150O43. The number of esters is 2. The Morgan fingerprint density at radius 3 is 1.57 bits per heavy atom. The van der Waals surface area contributed by atoms with Crippen molar-refractivity contribution in [2.75, 3.05) is 26.4 Å². The number of carbonyl (C=O) groups excluding carboxylic acids is 3. The third-order valence-electron chi connectivity index (χ3n) is 32.7. The van der Waals surface area contributed by atoms with Crippen molar-refractivity contribution in [1.29, 1.82) is 0 Å². The van der Waals surface area contributed by atoms with Gasteiger partial charge in [0.2, 0.25) is 6.29 Å². The maximum Gasteiger partial charge on any atom is 0.335 e. The summed E-state index contributed by atoms with van der Waals surface area (Å²) >= 11 is 0. The van der Waals surface area contributed by atoms with Crippen LogP contribution in [0.3, 0.4) is 0 Å². The summed E-state index contributed by atoms with van der Waals surface area (Å²) in [7, 11) is 0. The highest BCUT2D eigenvalue weighted by atomic mass is 16.8. The van der Waals surface area contributed by atoms with Crippen LogP contribution in [0.5, 0.6) is 0 Å². The number of hydrogen-bond acceptors (Lipinski definition) is 42. The number of aliphatic hydroxyl groups excluding tert-OH is 21. The van der Waals surface area contributed by atoms with E-state index in [0.29, 0.717) is 103 Å². The first kappa shape index (κ1) is 109. The van der Waals surface area contributed by atoms with Crippen LogP contribution in [0.4, 0.5) is 0 Å². The van der Waals surface area contributed by atoms with Crippen LogP contribution in [0.1, 0.15) is 211 Å². The van der Waals surface area contributed by atoms with Crippen molar-refractivity contribution in [2.24, 2.45) is 50.2 Å². The summed E-state index contributed by atoms with van der Waals surface area (Å²) in [6.07, 6.45) is -60.9. The number of unbranched alkanes of at least 4 members (excludes halogenated alkanes) is 6. The lowest BCUT2D eigenvalue weighted by Crippen LogP contribution is -2.69. The Kier molecular flexibility index (Phi) is 35.5. The Morgan fingerprint density at radius 1 is 0.444 bits per heavy atom. The molecular weight excluding hydrogens is 1790 g/mol.